The molecule has 0 saturated heterocycles. The van der Waals surface area contributed by atoms with Crippen molar-refractivity contribution in [3.8, 4) is 0 Å². The summed E-state index contributed by atoms with van der Waals surface area (Å²) in [6, 6.07) is 7.57. The molecule has 6 nitrogen and oxygen atoms in total. The molecule has 0 spiro atoms. The molecule has 132 valence electrons. The van der Waals surface area contributed by atoms with Gasteiger partial charge in [0, 0.05) is 28.6 Å². The largest absolute Gasteiger partial charge is 0.422 e. The molecule has 7 heteroatoms. The van der Waals surface area contributed by atoms with Gasteiger partial charge in [-0.15, -0.1) is 5.10 Å². The minimum absolute atomic E-state index is 0.335. The van der Waals surface area contributed by atoms with Crippen LogP contribution in [0.15, 0.2) is 38.6 Å². The first kappa shape index (κ1) is 16.8. The van der Waals surface area contributed by atoms with Crippen molar-refractivity contribution < 1.29 is 4.42 Å². The van der Waals surface area contributed by atoms with Crippen LogP contribution in [-0.4, -0.2) is 19.6 Å². The van der Waals surface area contributed by atoms with Crippen molar-refractivity contribution in [2.75, 3.05) is 0 Å². The summed E-state index contributed by atoms with van der Waals surface area (Å²) in [7, 11) is 0. The van der Waals surface area contributed by atoms with Crippen molar-refractivity contribution in [1.82, 2.24) is 19.6 Å². The maximum absolute atomic E-state index is 12.0. The summed E-state index contributed by atoms with van der Waals surface area (Å²) in [5.74, 6) is 1.17. The molecule has 0 fully saturated rings. The SMILES string of the molecule is Cc1cc(C)n2nc(SCc3cc(=O)oc4c(C)c(C)ccc34)nc2n1. The number of hydrogen-bond acceptors (Lipinski definition) is 6. The van der Waals surface area contributed by atoms with E-state index in [2.05, 4.69) is 15.1 Å². The molecule has 26 heavy (non-hydrogen) atoms. The average Bonchev–Trinajstić information content (AvgIpc) is 2.99. The van der Waals surface area contributed by atoms with Gasteiger partial charge in [0.25, 0.3) is 5.78 Å². The Morgan fingerprint density at radius 1 is 1.12 bits per heavy atom. The van der Waals surface area contributed by atoms with E-state index in [1.807, 2.05) is 45.9 Å². The van der Waals surface area contributed by atoms with E-state index in [9.17, 15) is 4.79 Å². The zero-order chi connectivity index (χ0) is 18.4. The highest BCUT2D eigenvalue weighted by atomic mass is 32.2. The number of thioether (sulfide) groups is 1. The summed E-state index contributed by atoms with van der Waals surface area (Å²) >= 11 is 1.48. The Hall–Kier alpha value is -2.67. The van der Waals surface area contributed by atoms with E-state index in [4.69, 9.17) is 4.42 Å². The highest BCUT2D eigenvalue weighted by molar-refractivity contribution is 7.98. The summed E-state index contributed by atoms with van der Waals surface area (Å²) in [6.45, 7) is 7.89. The molecule has 0 N–H and O–H groups in total. The van der Waals surface area contributed by atoms with E-state index in [1.54, 1.807) is 10.6 Å². The second kappa shape index (κ2) is 6.25. The van der Waals surface area contributed by atoms with Crippen LogP contribution in [0.1, 0.15) is 28.1 Å². The maximum atomic E-state index is 12.0. The zero-order valence-electron chi connectivity index (χ0n) is 15.0. The van der Waals surface area contributed by atoms with Crippen molar-refractivity contribution in [1.29, 1.82) is 0 Å². The molecule has 0 aliphatic carbocycles. The molecule has 3 heterocycles. The lowest BCUT2D eigenvalue weighted by Gasteiger charge is -2.08. The van der Waals surface area contributed by atoms with Gasteiger partial charge in [-0.3, -0.25) is 0 Å². The Balaban J connectivity index is 1.71. The Morgan fingerprint density at radius 2 is 1.92 bits per heavy atom. The molecular formula is C19H18N4O2S. The average molecular weight is 366 g/mol. The second-order valence-corrected chi connectivity index (χ2v) is 7.35. The first-order valence-electron chi connectivity index (χ1n) is 8.29. The van der Waals surface area contributed by atoms with Gasteiger partial charge in [-0.2, -0.15) is 4.98 Å². The molecule has 4 rings (SSSR count). The van der Waals surface area contributed by atoms with E-state index in [-0.39, 0.29) is 5.63 Å². The van der Waals surface area contributed by atoms with Crippen LogP contribution < -0.4 is 5.63 Å². The van der Waals surface area contributed by atoms with Gasteiger partial charge in [-0.1, -0.05) is 23.9 Å². The minimum Gasteiger partial charge on any atom is -0.422 e. The fourth-order valence-corrected chi connectivity index (χ4v) is 3.80. The van der Waals surface area contributed by atoms with Gasteiger partial charge in [0.1, 0.15) is 5.58 Å². The van der Waals surface area contributed by atoms with Crippen molar-refractivity contribution in [2.24, 2.45) is 0 Å². The van der Waals surface area contributed by atoms with Gasteiger partial charge in [0.05, 0.1) is 0 Å². The summed E-state index contributed by atoms with van der Waals surface area (Å²) in [5.41, 5.74) is 5.24. The van der Waals surface area contributed by atoms with Crippen LogP contribution in [0.25, 0.3) is 16.7 Å². The lowest BCUT2D eigenvalue weighted by atomic mass is 10.0. The van der Waals surface area contributed by atoms with Gasteiger partial charge < -0.3 is 4.42 Å². The maximum Gasteiger partial charge on any atom is 0.336 e. The van der Waals surface area contributed by atoms with Gasteiger partial charge in [-0.05, 0) is 50.5 Å². The van der Waals surface area contributed by atoms with Gasteiger partial charge in [-0.25, -0.2) is 14.3 Å². The first-order chi connectivity index (χ1) is 12.4. The molecule has 0 saturated carbocycles. The standard InChI is InChI=1S/C19H18N4O2S/c1-10-5-6-15-14(8-16(24)25-17(15)13(10)4)9-26-19-21-18-20-11(2)7-12(3)23(18)22-19/h5-8H,9H2,1-4H3. The van der Waals surface area contributed by atoms with Crippen molar-refractivity contribution in [3.05, 3.63) is 62.8 Å². The number of aromatic nitrogens is 4. The molecule has 4 aromatic rings. The third-order valence-electron chi connectivity index (χ3n) is 4.47. The van der Waals surface area contributed by atoms with E-state index in [0.717, 1.165) is 33.5 Å². The number of benzene rings is 1. The Bertz CT molecular complexity index is 1210. The van der Waals surface area contributed by atoms with Gasteiger partial charge in [0.15, 0.2) is 0 Å². The fraction of sp³-hybridized carbons (Fsp3) is 0.263. The predicted molar refractivity (Wildman–Crippen MR) is 102 cm³/mol. The lowest BCUT2D eigenvalue weighted by molar-refractivity contribution is 0.557. The predicted octanol–water partition coefficient (Wildman–Crippen LogP) is 3.76. The summed E-state index contributed by atoms with van der Waals surface area (Å²) in [5, 5.41) is 6.10. The Morgan fingerprint density at radius 3 is 2.73 bits per heavy atom. The molecule has 0 aliphatic rings. The minimum atomic E-state index is -0.335. The van der Waals surface area contributed by atoms with Crippen LogP contribution in [0.4, 0.5) is 0 Å². The smallest absolute Gasteiger partial charge is 0.336 e. The second-order valence-electron chi connectivity index (χ2n) is 6.41. The quantitative estimate of drug-likeness (QED) is 0.406. The normalized spacial score (nSPS) is 11.5. The van der Waals surface area contributed by atoms with Crippen LogP contribution in [-0.2, 0) is 5.75 Å². The zero-order valence-corrected chi connectivity index (χ0v) is 15.8. The topological polar surface area (TPSA) is 73.3 Å². The lowest BCUT2D eigenvalue weighted by Crippen LogP contribution is -2.01. The number of nitrogens with zero attached hydrogens (tertiary/aromatic N) is 4. The summed E-state index contributed by atoms with van der Waals surface area (Å²) in [6.07, 6.45) is 0. The highest BCUT2D eigenvalue weighted by Crippen LogP contribution is 2.27. The van der Waals surface area contributed by atoms with Crippen LogP contribution in [0.5, 0.6) is 0 Å². The van der Waals surface area contributed by atoms with E-state index in [0.29, 0.717) is 22.3 Å². The molecule has 1 aromatic carbocycles. The van der Waals surface area contributed by atoms with Crippen LogP contribution in [0, 0.1) is 27.7 Å². The summed E-state index contributed by atoms with van der Waals surface area (Å²) in [4.78, 5) is 20.9. The molecule has 0 radical (unpaired) electrons. The number of fused-ring (bicyclic) bond motifs is 2. The van der Waals surface area contributed by atoms with Gasteiger partial charge in [0.2, 0.25) is 5.16 Å². The highest BCUT2D eigenvalue weighted by Gasteiger charge is 2.12. The van der Waals surface area contributed by atoms with Gasteiger partial charge >= 0.3 is 5.63 Å². The Labute approximate surface area is 154 Å². The number of rotatable bonds is 3. The third kappa shape index (κ3) is 2.88. The van der Waals surface area contributed by atoms with E-state index >= 15 is 0 Å². The molecule has 0 unspecified atom stereocenters. The van der Waals surface area contributed by atoms with Crippen molar-refractivity contribution in [3.63, 3.8) is 0 Å². The number of aryl methyl sites for hydroxylation is 4. The third-order valence-corrected chi connectivity index (χ3v) is 5.36. The molecule has 0 bridgehead atoms. The molecule has 0 aliphatic heterocycles. The molecular weight excluding hydrogens is 348 g/mol. The van der Waals surface area contributed by atoms with E-state index < -0.39 is 0 Å². The van der Waals surface area contributed by atoms with Crippen LogP contribution in [0.2, 0.25) is 0 Å². The van der Waals surface area contributed by atoms with E-state index in [1.165, 1.54) is 11.8 Å². The van der Waals surface area contributed by atoms with Crippen LogP contribution >= 0.6 is 11.8 Å². The fourth-order valence-electron chi connectivity index (χ4n) is 3.00. The van der Waals surface area contributed by atoms with Crippen molar-refractivity contribution in [2.45, 2.75) is 38.6 Å². The monoisotopic (exact) mass is 366 g/mol. The van der Waals surface area contributed by atoms with Crippen LogP contribution in [0.3, 0.4) is 0 Å². The van der Waals surface area contributed by atoms with Crippen molar-refractivity contribution >= 4 is 28.5 Å². The summed E-state index contributed by atoms with van der Waals surface area (Å²) < 4.78 is 7.17. The first-order valence-corrected chi connectivity index (χ1v) is 9.27. The molecule has 0 atom stereocenters. The molecule has 0 amide bonds. The number of hydrogen-bond donors (Lipinski definition) is 0. The molecule has 3 aromatic heterocycles. The Kier molecular flexibility index (Phi) is 4.03.